The molecule has 0 bridgehead atoms. The van der Waals surface area contributed by atoms with Gasteiger partial charge in [0.2, 0.25) is 0 Å². The highest BCUT2D eigenvalue weighted by molar-refractivity contribution is 5.71. The van der Waals surface area contributed by atoms with E-state index in [0.717, 1.165) is 6.42 Å². The van der Waals surface area contributed by atoms with Crippen molar-refractivity contribution in [1.29, 1.82) is 0 Å². The van der Waals surface area contributed by atoms with Gasteiger partial charge < -0.3 is 10.5 Å². The molecular weight excluding hydrogens is 204 g/mol. The molecule has 0 amide bonds. The van der Waals surface area contributed by atoms with E-state index in [0.29, 0.717) is 19.4 Å². The first-order chi connectivity index (χ1) is 7.06. The zero-order chi connectivity index (χ0) is 11.7. The quantitative estimate of drug-likeness (QED) is 0.303. The van der Waals surface area contributed by atoms with Gasteiger partial charge in [0.05, 0.1) is 24.6 Å². The highest BCUT2D eigenvalue weighted by atomic mass is 17.1. The van der Waals surface area contributed by atoms with Crippen molar-refractivity contribution in [1.82, 2.24) is 5.39 Å². The fourth-order valence-electron chi connectivity index (χ4n) is 0.992. The van der Waals surface area contributed by atoms with Gasteiger partial charge in [0.1, 0.15) is 0 Å². The molecule has 0 saturated carbocycles. The topological polar surface area (TPSA) is 105 Å². The zero-order valence-electron chi connectivity index (χ0n) is 8.76. The molecule has 7 nitrogen and oxygen atoms in total. The molecule has 0 spiro atoms. The predicted octanol–water partition coefficient (Wildman–Crippen LogP) is 0.0591. The average molecular weight is 222 g/mol. The minimum atomic E-state index is -0.420. The molecule has 0 aliphatic heterocycles. The minimum absolute atomic E-state index is 0.108. The predicted molar refractivity (Wildman–Crippen MR) is 49.8 cm³/mol. The van der Waals surface area contributed by atoms with Gasteiger partial charge in [0, 0.05) is 0 Å². The Labute approximate surface area is 88.2 Å². The molecule has 0 fully saturated rings. The third-order valence-corrected chi connectivity index (χ3v) is 1.71. The van der Waals surface area contributed by atoms with Crippen molar-refractivity contribution in [3.8, 4) is 0 Å². The van der Waals surface area contributed by atoms with Gasteiger partial charge in [-0.05, 0) is 26.2 Å². The highest BCUT2D eigenvalue weighted by Crippen LogP contribution is 2.04. The maximum absolute atomic E-state index is 10.6. The van der Waals surface area contributed by atoms with Gasteiger partial charge in [-0.25, -0.2) is 4.84 Å². The summed E-state index contributed by atoms with van der Waals surface area (Å²) in [5.41, 5.74) is 5.03. The van der Waals surface area contributed by atoms with E-state index in [1.807, 2.05) is 0 Å². The fraction of sp³-hybridized carbons (Fsp3) is 0.875. The largest absolute Gasteiger partial charge is 0.465 e. The number of carbonyl (C=O) groups is 1. The number of ether oxygens (including phenoxy) is 1. The van der Waals surface area contributed by atoms with Crippen molar-refractivity contribution in [2.75, 3.05) is 13.2 Å². The van der Waals surface area contributed by atoms with Gasteiger partial charge in [-0.2, -0.15) is 0 Å². The molecule has 0 rings (SSSR count). The van der Waals surface area contributed by atoms with Crippen molar-refractivity contribution < 1.29 is 24.8 Å². The first-order valence-electron chi connectivity index (χ1n) is 4.76. The van der Waals surface area contributed by atoms with Crippen LogP contribution in [-0.2, 0) is 14.4 Å². The fourth-order valence-corrected chi connectivity index (χ4v) is 0.992. The Morgan fingerprint density at radius 3 is 2.67 bits per heavy atom. The summed E-state index contributed by atoms with van der Waals surface area (Å²) in [5.74, 6) is -0.420. The number of hydrogen-bond acceptors (Lipinski definition) is 7. The second kappa shape index (κ2) is 8.57. The van der Waals surface area contributed by atoms with Crippen LogP contribution in [0.5, 0.6) is 0 Å². The van der Waals surface area contributed by atoms with E-state index in [-0.39, 0.29) is 18.0 Å². The Hall–Kier alpha value is -0.730. The molecule has 4 N–H and O–H groups in total. The monoisotopic (exact) mass is 222 g/mol. The maximum Gasteiger partial charge on any atom is 0.319 e. The van der Waals surface area contributed by atoms with Crippen LogP contribution >= 0.6 is 0 Å². The summed E-state index contributed by atoms with van der Waals surface area (Å²) in [6.45, 7) is 1.92. The summed E-state index contributed by atoms with van der Waals surface area (Å²) in [5, 5.41) is 16.3. The van der Waals surface area contributed by atoms with Crippen LogP contribution in [0.4, 0.5) is 0 Å². The molecule has 0 aliphatic carbocycles. The second-order valence-corrected chi connectivity index (χ2v) is 3.09. The van der Waals surface area contributed by atoms with Gasteiger partial charge in [-0.3, -0.25) is 15.2 Å². The minimum Gasteiger partial charge on any atom is -0.465 e. The summed E-state index contributed by atoms with van der Waals surface area (Å²) in [7, 11) is 0. The summed E-state index contributed by atoms with van der Waals surface area (Å²) in [6.07, 6.45) is 1.78. The summed E-state index contributed by atoms with van der Waals surface area (Å²) >= 11 is 0. The lowest BCUT2D eigenvalue weighted by atomic mass is 10.2. The Morgan fingerprint density at radius 1 is 1.47 bits per heavy atom. The van der Waals surface area contributed by atoms with Crippen LogP contribution in [0.3, 0.4) is 0 Å². The molecule has 0 aromatic carbocycles. The maximum atomic E-state index is 10.6. The number of carbonyl (C=O) groups excluding carboxylic acids is 1. The zero-order valence-corrected chi connectivity index (χ0v) is 8.76. The standard InChI is InChI=1S/C8H18N2O5/c1-7(15-10(12)13)4-2-3-5-14-8(11)6-9/h7,12-13H,2-6,9H2,1H3. The molecular formula is C8H18N2O5. The van der Waals surface area contributed by atoms with Gasteiger partial charge in [0.15, 0.2) is 0 Å². The van der Waals surface area contributed by atoms with Crippen LogP contribution in [0, 0.1) is 0 Å². The average Bonchev–Trinajstić information content (AvgIpc) is 2.15. The van der Waals surface area contributed by atoms with Gasteiger partial charge in [0.25, 0.3) is 0 Å². The smallest absolute Gasteiger partial charge is 0.319 e. The molecule has 15 heavy (non-hydrogen) atoms. The van der Waals surface area contributed by atoms with Crippen molar-refractivity contribution in [3.63, 3.8) is 0 Å². The summed E-state index contributed by atoms with van der Waals surface area (Å²) in [6, 6.07) is 0. The lowest BCUT2D eigenvalue weighted by molar-refractivity contribution is -0.503. The Balaban J connectivity index is 3.27. The van der Waals surface area contributed by atoms with Gasteiger partial charge in [-0.15, -0.1) is 0 Å². The highest BCUT2D eigenvalue weighted by Gasteiger charge is 2.06. The third kappa shape index (κ3) is 9.57. The van der Waals surface area contributed by atoms with Crippen LogP contribution in [0.25, 0.3) is 0 Å². The van der Waals surface area contributed by atoms with Gasteiger partial charge in [-0.1, -0.05) is 0 Å². The summed E-state index contributed by atoms with van der Waals surface area (Å²) in [4.78, 5) is 15.1. The Kier molecular flexibility index (Phi) is 8.15. The van der Waals surface area contributed by atoms with Crippen LogP contribution in [0.1, 0.15) is 26.2 Å². The van der Waals surface area contributed by atoms with E-state index < -0.39 is 5.97 Å². The Morgan fingerprint density at radius 2 is 2.13 bits per heavy atom. The van der Waals surface area contributed by atoms with E-state index in [2.05, 4.69) is 4.84 Å². The molecule has 0 aromatic rings. The summed E-state index contributed by atoms with van der Waals surface area (Å²) < 4.78 is 4.74. The first kappa shape index (κ1) is 14.3. The van der Waals surface area contributed by atoms with Crippen molar-refractivity contribution in [2.24, 2.45) is 5.73 Å². The van der Waals surface area contributed by atoms with Crippen LogP contribution in [-0.4, -0.2) is 41.0 Å². The van der Waals surface area contributed by atoms with E-state index in [1.165, 1.54) is 0 Å². The van der Waals surface area contributed by atoms with E-state index in [9.17, 15) is 4.79 Å². The lowest BCUT2D eigenvalue weighted by Crippen LogP contribution is -2.22. The molecule has 1 unspecified atom stereocenters. The second-order valence-electron chi connectivity index (χ2n) is 3.09. The van der Waals surface area contributed by atoms with E-state index in [4.69, 9.17) is 20.9 Å². The van der Waals surface area contributed by atoms with Crippen molar-refractivity contribution in [3.05, 3.63) is 0 Å². The van der Waals surface area contributed by atoms with Crippen LogP contribution < -0.4 is 5.73 Å². The Bertz CT molecular complexity index is 176. The van der Waals surface area contributed by atoms with Gasteiger partial charge >= 0.3 is 5.97 Å². The third-order valence-electron chi connectivity index (χ3n) is 1.71. The molecule has 0 aliphatic rings. The van der Waals surface area contributed by atoms with Crippen molar-refractivity contribution in [2.45, 2.75) is 32.3 Å². The number of nitrogens with zero attached hydrogens (tertiary/aromatic N) is 1. The number of esters is 1. The molecule has 0 heterocycles. The van der Waals surface area contributed by atoms with E-state index in [1.54, 1.807) is 6.92 Å². The number of unbranched alkanes of at least 4 members (excludes halogenated alkanes) is 1. The van der Waals surface area contributed by atoms with Crippen LogP contribution in [0.2, 0.25) is 0 Å². The first-order valence-corrected chi connectivity index (χ1v) is 4.76. The molecule has 0 aromatic heterocycles. The SMILES string of the molecule is CC(CCCCOC(=O)CN)ON(O)O. The number of rotatable bonds is 8. The molecule has 90 valence electrons. The van der Waals surface area contributed by atoms with E-state index >= 15 is 0 Å². The van der Waals surface area contributed by atoms with Crippen molar-refractivity contribution >= 4 is 5.97 Å². The number of hydrogen-bond donors (Lipinski definition) is 3. The normalized spacial score (nSPS) is 12.9. The molecule has 0 radical (unpaired) electrons. The molecule has 1 atom stereocenters. The van der Waals surface area contributed by atoms with Crippen LogP contribution in [0.15, 0.2) is 0 Å². The molecule has 0 saturated heterocycles. The molecule has 7 heteroatoms. The lowest BCUT2D eigenvalue weighted by Gasteiger charge is -2.13. The number of nitrogens with two attached hydrogens (primary N) is 1.